The summed E-state index contributed by atoms with van der Waals surface area (Å²) < 4.78 is 2.19. The van der Waals surface area contributed by atoms with Gasteiger partial charge in [0, 0.05) is 28.6 Å². The predicted molar refractivity (Wildman–Crippen MR) is 240 cm³/mol. The zero-order valence-corrected chi connectivity index (χ0v) is 31.8. The van der Waals surface area contributed by atoms with Crippen molar-refractivity contribution in [1.29, 1.82) is 0 Å². The van der Waals surface area contributed by atoms with Crippen molar-refractivity contribution >= 4 is 32.6 Å². The van der Waals surface area contributed by atoms with Gasteiger partial charge in [-0.3, -0.25) is 9.55 Å². The molecule has 0 radical (unpaired) electrons. The van der Waals surface area contributed by atoms with Crippen LogP contribution in [-0.4, -0.2) is 29.5 Å². The van der Waals surface area contributed by atoms with Gasteiger partial charge in [0.25, 0.3) is 0 Å². The molecule has 6 heteroatoms. The minimum Gasteiger partial charge on any atom is -0.291 e. The number of imidazole rings is 1. The van der Waals surface area contributed by atoms with Gasteiger partial charge in [-0.1, -0.05) is 164 Å². The Labute approximate surface area is 340 Å². The summed E-state index contributed by atoms with van der Waals surface area (Å²) in [6.07, 6.45) is 1.81. The first-order chi connectivity index (χ1) is 29.3. The zero-order valence-electron chi connectivity index (χ0n) is 31.8. The van der Waals surface area contributed by atoms with Crippen LogP contribution in [-0.2, 0) is 0 Å². The van der Waals surface area contributed by atoms with Crippen LogP contribution in [0.4, 0.5) is 0 Å². The molecule has 0 saturated heterocycles. The van der Waals surface area contributed by atoms with Crippen molar-refractivity contribution in [2.45, 2.75) is 0 Å². The van der Waals surface area contributed by atoms with Crippen LogP contribution >= 0.6 is 0 Å². The number of para-hydroxylation sites is 1. The fraction of sp³-hybridized carbons (Fsp3) is 0. The molecule has 11 rings (SSSR count). The Bertz CT molecular complexity index is 3180. The van der Waals surface area contributed by atoms with Crippen LogP contribution in [0, 0.1) is 0 Å². The van der Waals surface area contributed by atoms with Gasteiger partial charge >= 0.3 is 0 Å². The molecule has 0 aliphatic heterocycles. The maximum absolute atomic E-state index is 5.18. The molecule has 59 heavy (non-hydrogen) atoms. The average molecular weight is 755 g/mol. The summed E-state index contributed by atoms with van der Waals surface area (Å²) in [7, 11) is 0. The van der Waals surface area contributed by atoms with Gasteiger partial charge in [0.15, 0.2) is 23.3 Å². The van der Waals surface area contributed by atoms with E-state index in [0.29, 0.717) is 17.5 Å². The van der Waals surface area contributed by atoms with Crippen LogP contribution in [0.5, 0.6) is 0 Å². The second-order valence-corrected chi connectivity index (χ2v) is 14.5. The van der Waals surface area contributed by atoms with Gasteiger partial charge in [0.05, 0.1) is 11.0 Å². The quantitative estimate of drug-likeness (QED) is 0.152. The van der Waals surface area contributed by atoms with E-state index in [1.807, 2.05) is 91.1 Å². The van der Waals surface area contributed by atoms with Crippen molar-refractivity contribution in [1.82, 2.24) is 29.5 Å². The maximum atomic E-state index is 5.18. The van der Waals surface area contributed by atoms with E-state index < -0.39 is 0 Å². The standard InChI is InChI=1S/C53H34N6/c1-4-16-37(17-5-1)50-56-51(38-18-6-2-7-19-38)58-52(57-50)49-43-24-12-10-22-41(43)48(42-23-11-13-25-44(42)49)36-29-27-35(28-30-36)39-31-32-47-46(34-39)55-53(45-26-14-15-33-54-45)59(47)40-20-8-3-9-21-40/h1-34H. The SMILES string of the molecule is c1ccc(-c2nc(-c3ccccc3)nc(-c3c4ccccc4c(-c4ccc(-c5ccc6c(c5)nc(-c5ccccn5)n6-c5ccccc5)cc4)c4ccccc34)n2)cc1. The molecule has 0 bridgehead atoms. The molecule has 0 amide bonds. The first-order valence-electron chi connectivity index (χ1n) is 19.7. The van der Waals surface area contributed by atoms with Crippen molar-refractivity contribution < 1.29 is 0 Å². The van der Waals surface area contributed by atoms with Crippen molar-refractivity contribution in [2.75, 3.05) is 0 Å². The summed E-state index contributed by atoms with van der Waals surface area (Å²) >= 11 is 0. The third-order valence-corrected chi connectivity index (χ3v) is 10.9. The van der Waals surface area contributed by atoms with Gasteiger partial charge in [0.2, 0.25) is 0 Å². The Balaban J connectivity index is 1.05. The Hall–Kier alpha value is -8.09. The summed E-state index contributed by atoms with van der Waals surface area (Å²) in [4.78, 5) is 25.1. The number of hydrogen-bond donors (Lipinski definition) is 0. The van der Waals surface area contributed by atoms with Crippen LogP contribution in [0.15, 0.2) is 206 Å². The fourth-order valence-electron chi connectivity index (χ4n) is 8.20. The molecule has 3 aromatic heterocycles. The minimum absolute atomic E-state index is 0.639. The van der Waals surface area contributed by atoms with Gasteiger partial charge < -0.3 is 0 Å². The van der Waals surface area contributed by atoms with E-state index in [4.69, 9.17) is 19.9 Å². The smallest absolute Gasteiger partial charge is 0.165 e. The lowest BCUT2D eigenvalue weighted by molar-refractivity contribution is 1.08. The monoisotopic (exact) mass is 754 g/mol. The highest BCUT2D eigenvalue weighted by atomic mass is 15.1. The van der Waals surface area contributed by atoms with E-state index in [1.165, 1.54) is 5.56 Å². The Morgan fingerprint density at radius 3 is 1.41 bits per heavy atom. The number of pyridine rings is 1. The summed E-state index contributed by atoms with van der Waals surface area (Å²) in [5.74, 6) is 2.73. The summed E-state index contributed by atoms with van der Waals surface area (Å²) in [6.45, 7) is 0. The Kier molecular flexibility index (Phi) is 8.37. The lowest BCUT2D eigenvalue weighted by atomic mass is 9.87. The molecule has 0 N–H and O–H groups in total. The first kappa shape index (κ1) is 34.2. The third kappa shape index (κ3) is 6.11. The molecular formula is C53H34N6. The highest BCUT2D eigenvalue weighted by Gasteiger charge is 2.21. The molecule has 11 aromatic rings. The van der Waals surface area contributed by atoms with E-state index in [9.17, 15) is 0 Å². The highest BCUT2D eigenvalue weighted by Crippen LogP contribution is 2.44. The van der Waals surface area contributed by atoms with Gasteiger partial charge in [-0.15, -0.1) is 0 Å². The van der Waals surface area contributed by atoms with Crippen LogP contribution in [0.25, 0.3) is 106 Å². The van der Waals surface area contributed by atoms with Crippen molar-refractivity contribution in [2.24, 2.45) is 0 Å². The number of benzene rings is 8. The Morgan fingerprint density at radius 2 is 0.831 bits per heavy atom. The Morgan fingerprint density at radius 1 is 0.339 bits per heavy atom. The maximum Gasteiger partial charge on any atom is 0.165 e. The van der Waals surface area contributed by atoms with Gasteiger partial charge in [-0.05, 0) is 80.2 Å². The largest absolute Gasteiger partial charge is 0.291 e. The number of fused-ring (bicyclic) bond motifs is 3. The molecule has 0 atom stereocenters. The van der Waals surface area contributed by atoms with E-state index >= 15 is 0 Å². The predicted octanol–water partition coefficient (Wildman–Crippen LogP) is 12.9. The summed E-state index contributed by atoms with van der Waals surface area (Å²) in [5.41, 5.74) is 11.2. The van der Waals surface area contributed by atoms with E-state index in [0.717, 1.165) is 83.2 Å². The summed E-state index contributed by atoms with van der Waals surface area (Å²) in [6, 6.07) is 69.2. The van der Waals surface area contributed by atoms with E-state index in [-0.39, 0.29) is 0 Å². The minimum atomic E-state index is 0.639. The summed E-state index contributed by atoms with van der Waals surface area (Å²) in [5, 5.41) is 4.42. The molecule has 6 nitrogen and oxygen atoms in total. The molecule has 0 fully saturated rings. The molecule has 0 spiro atoms. The molecule has 3 heterocycles. The number of rotatable bonds is 7. The average Bonchev–Trinajstić information content (AvgIpc) is 3.71. The second kappa shape index (κ2) is 14.4. The van der Waals surface area contributed by atoms with Crippen molar-refractivity contribution in [3.63, 3.8) is 0 Å². The third-order valence-electron chi connectivity index (χ3n) is 10.9. The van der Waals surface area contributed by atoms with Crippen LogP contribution in [0.2, 0.25) is 0 Å². The van der Waals surface area contributed by atoms with E-state index in [1.54, 1.807) is 0 Å². The lowest BCUT2D eigenvalue weighted by Gasteiger charge is -2.18. The van der Waals surface area contributed by atoms with E-state index in [2.05, 4.69) is 125 Å². The normalized spacial score (nSPS) is 11.4. The van der Waals surface area contributed by atoms with Crippen LogP contribution < -0.4 is 0 Å². The van der Waals surface area contributed by atoms with Crippen LogP contribution in [0.1, 0.15) is 0 Å². The van der Waals surface area contributed by atoms with Crippen LogP contribution in [0.3, 0.4) is 0 Å². The molecular weight excluding hydrogens is 721 g/mol. The molecule has 0 unspecified atom stereocenters. The van der Waals surface area contributed by atoms with Gasteiger partial charge in [-0.2, -0.15) is 0 Å². The second-order valence-electron chi connectivity index (χ2n) is 14.5. The van der Waals surface area contributed by atoms with Crippen molar-refractivity contribution in [3.05, 3.63) is 206 Å². The number of hydrogen-bond acceptors (Lipinski definition) is 5. The van der Waals surface area contributed by atoms with Gasteiger partial charge in [-0.25, -0.2) is 19.9 Å². The first-order valence-corrected chi connectivity index (χ1v) is 19.7. The number of nitrogens with zero attached hydrogens (tertiary/aromatic N) is 6. The zero-order chi connectivity index (χ0) is 39.1. The fourth-order valence-corrected chi connectivity index (χ4v) is 8.20. The van der Waals surface area contributed by atoms with Gasteiger partial charge in [0.1, 0.15) is 5.69 Å². The molecule has 8 aromatic carbocycles. The number of aromatic nitrogens is 6. The van der Waals surface area contributed by atoms with Crippen molar-refractivity contribution in [3.8, 4) is 73.6 Å². The highest BCUT2D eigenvalue weighted by molar-refractivity contribution is 6.20. The molecule has 0 saturated carbocycles. The molecule has 276 valence electrons. The molecule has 0 aliphatic carbocycles. The topological polar surface area (TPSA) is 69.4 Å². The lowest BCUT2D eigenvalue weighted by Crippen LogP contribution is -2.01. The molecule has 0 aliphatic rings.